The maximum absolute atomic E-state index is 5.89. The van der Waals surface area contributed by atoms with Gasteiger partial charge in [-0.05, 0) is 12.8 Å². The van der Waals surface area contributed by atoms with Crippen LogP contribution < -0.4 is 0 Å². The van der Waals surface area contributed by atoms with Crippen molar-refractivity contribution in [1.29, 1.82) is 0 Å². The molecule has 0 aromatic rings. The average Bonchev–Trinajstić information content (AvgIpc) is 2.97. The topological polar surface area (TPSA) is 25.1 Å². The van der Waals surface area contributed by atoms with Gasteiger partial charge in [0.2, 0.25) is 0 Å². The summed E-state index contributed by atoms with van der Waals surface area (Å²) < 4.78 is 11.4. The van der Waals surface area contributed by atoms with Gasteiger partial charge in [-0.2, -0.15) is 0 Å². The van der Waals surface area contributed by atoms with E-state index in [2.05, 4.69) is 26.0 Å². The Bertz CT molecular complexity index is 261. The van der Waals surface area contributed by atoms with Crippen molar-refractivity contribution in [3.8, 4) is 0 Å². The molecule has 0 amide bonds. The fraction of sp³-hybridized carbons (Fsp3) is 0.800. The van der Waals surface area contributed by atoms with Crippen LogP contribution >= 0.6 is 0 Å². The Balaban J connectivity index is 2.00. The van der Waals surface area contributed by atoms with Gasteiger partial charge in [0, 0.05) is 0 Å². The highest BCUT2D eigenvalue weighted by Crippen LogP contribution is 2.63. The third kappa shape index (κ3) is 0.539. The minimum Gasteiger partial charge on any atom is -0.362 e. The maximum Gasteiger partial charge on any atom is 0.131 e. The van der Waals surface area contributed by atoms with Crippen molar-refractivity contribution in [2.24, 2.45) is 0 Å². The summed E-state index contributed by atoms with van der Waals surface area (Å²) in [7, 11) is 0. The third-order valence-electron chi connectivity index (χ3n) is 3.63. The summed E-state index contributed by atoms with van der Waals surface area (Å²) in [4.78, 5) is 0. The van der Waals surface area contributed by atoms with Crippen LogP contribution in [0.5, 0.6) is 0 Å². The zero-order valence-corrected chi connectivity index (χ0v) is 7.54. The molecule has 2 fully saturated rings. The summed E-state index contributed by atoms with van der Waals surface area (Å²) in [6.45, 7) is 4.37. The molecule has 12 heavy (non-hydrogen) atoms. The molecule has 0 bridgehead atoms. The molecule has 0 radical (unpaired) electrons. The molecular weight excluding hydrogens is 152 g/mol. The smallest absolute Gasteiger partial charge is 0.131 e. The lowest BCUT2D eigenvalue weighted by Gasteiger charge is -2.14. The molecule has 2 aliphatic heterocycles. The van der Waals surface area contributed by atoms with Gasteiger partial charge in [-0.15, -0.1) is 0 Å². The first-order valence-electron chi connectivity index (χ1n) is 4.83. The molecule has 0 aromatic carbocycles. The number of hydrogen-bond donors (Lipinski definition) is 0. The van der Waals surface area contributed by atoms with E-state index < -0.39 is 0 Å². The first kappa shape index (κ1) is 7.10. The van der Waals surface area contributed by atoms with Gasteiger partial charge in [-0.1, -0.05) is 26.0 Å². The summed E-state index contributed by atoms with van der Waals surface area (Å²) >= 11 is 0. The molecule has 4 unspecified atom stereocenters. The quantitative estimate of drug-likeness (QED) is 0.460. The highest BCUT2D eigenvalue weighted by atomic mass is 16.7. The Hall–Kier alpha value is -0.340. The molecular formula is C10H14O2. The van der Waals surface area contributed by atoms with E-state index in [0.29, 0.717) is 12.2 Å². The molecule has 2 heteroatoms. The number of fused-ring (bicyclic) bond motifs is 3. The number of rotatable bonds is 2. The zero-order chi connectivity index (χ0) is 8.40. The Labute approximate surface area is 72.5 Å². The van der Waals surface area contributed by atoms with Crippen LogP contribution in [0.2, 0.25) is 0 Å². The maximum atomic E-state index is 5.89. The minimum atomic E-state index is 0.0411. The second-order valence-corrected chi connectivity index (χ2v) is 3.97. The standard InChI is InChI=1S/C10H14O2/c1-3-9-6-5-7-8(11-7)10(9,4-2)12-9/h5-8H,3-4H2,1-2H3. The van der Waals surface area contributed by atoms with Crippen molar-refractivity contribution in [3.05, 3.63) is 12.2 Å². The predicted octanol–water partition coefficient (Wildman–Crippen LogP) is 1.65. The molecule has 0 N–H and O–H groups in total. The van der Waals surface area contributed by atoms with Crippen molar-refractivity contribution in [3.63, 3.8) is 0 Å². The van der Waals surface area contributed by atoms with Gasteiger partial charge in [0.05, 0.1) is 0 Å². The fourth-order valence-corrected chi connectivity index (χ4v) is 2.73. The van der Waals surface area contributed by atoms with Gasteiger partial charge in [0.1, 0.15) is 23.4 Å². The summed E-state index contributed by atoms with van der Waals surface area (Å²) in [6, 6.07) is 0. The Morgan fingerprint density at radius 2 is 2.17 bits per heavy atom. The molecule has 1 aliphatic carbocycles. The van der Waals surface area contributed by atoms with E-state index in [4.69, 9.17) is 9.47 Å². The van der Waals surface area contributed by atoms with E-state index in [1.807, 2.05) is 0 Å². The van der Waals surface area contributed by atoms with Crippen LogP contribution in [-0.2, 0) is 9.47 Å². The van der Waals surface area contributed by atoms with Gasteiger partial charge >= 0.3 is 0 Å². The average molecular weight is 166 g/mol. The van der Waals surface area contributed by atoms with Crippen molar-refractivity contribution in [2.75, 3.05) is 0 Å². The van der Waals surface area contributed by atoms with Crippen molar-refractivity contribution >= 4 is 0 Å². The number of epoxide rings is 2. The largest absolute Gasteiger partial charge is 0.362 e. The van der Waals surface area contributed by atoms with Crippen LogP contribution in [0.1, 0.15) is 26.7 Å². The first-order valence-corrected chi connectivity index (χ1v) is 4.83. The molecule has 4 atom stereocenters. The lowest BCUT2D eigenvalue weighted by Crippen LogP contribution is -2.32. The first-order chi connectivity index (χ1) is 5.78. The van der Waals surface area contributed by atoms with E-state index in [0.717, 1.165) is 12.8 Å². The molecule has 0 spiro atoms. The van der Waals surface area contributed by atoms with E-state index in [-0.39, 0.29) is 11.2 Å². The molecule has 66 valence electrons. The van der Waals surface area contributed by atoms with Crippen LogP contribution in [-0.4, -0.2) is 23.4 Å². The number of ether oxygens (including phenoxy) is 2. The van der Waals surface area contributed by atoms with E-state index in [1.54, 1.807) is 0 Å². The van der Waals surface area contributed by atoms with Crippen molar-refractivity contribution in [2.45, 2.75) is 50.1 Å². The second-order valence-electron chi connectivity index (χ2n) is 3.97. The number of hydrogen-bond acceptors (Lipinski definition) is 2. The highest BCUT2D eigenvalue weighted by molar-refractivity contribution is 5.37. The Morgan fingerprint density at radius 1 is 1.33 bits per heavy atom. The van der Waals surface area contributed by atoms with Crippen LogP contribution in [0, 0.1) is 0 Å². The van der Waals surface area contributed by atoms with Crippen molar-refractivity contribution in [1.82, 2.24) is 0 Å². The monoisotopic (exact) mass is 166 g/mol. The molecule has 2 saturated heterocycles. The van der Waals surface area contributed by atoms with Crippen molar-refractivity contribution < 1.29 is 9.47 Å². The summed E-state index contributed by atoms with van der Waals surface area (Å²) in [6.07, 6.45) is 7.26. The van der Waals surface area contributed by atoms with Crippen LogP contribution in [0.4, 0.5) is 0 Å². The Morgan fingerprint density at radius 3 is 2.83 bits per heavy atom. The fourth-order valence-electron chi connectivity index (χ4n) is 2.73. The third-order valence-corrected chi connectivity index (χ3v) is 3.63. The van der Waals surface area contributed by atoms with E-state index in [1.165, 1.54) is 0 Å². The normalized spacial score (nSPS) is 59.2. The minimum absolute atomic E-state index is 0.0411. The molecule has 3 aliphatic rings. The molecule has 2 heterocycles. The van der Waals surface area contributed by atoms with Gasteiger partial charge < -0.3 is 9.47 Å². The van der Waals surface area contributed by atoms with Crippen LogP contribution in [0.3, 0.4) is 0 Å². The van der Waals surface area contributed by atoms with Gasteiger partial charge in [-0.3, -0.25) is 0 Å². The molecule has 3 rings (SSSR count). The van der Waals surface area contributed by atoms with Gasteiger partial charge in [0.15, 0.2) is 0 Å². The predicted molar refractivity (Wildman–Crippen MR) is 44.9 cm³/mol. The van der Waals surface area contributed by atoms with Gasteiger partial charge in [-0.25, -0.2) is 0 Å². The lowest BCUT2D eigenvalue weighted by atomic mass is 9.81. The molecule has 0 saturated carbocycles. The van der Waals surface area contributed by atoms with E-state index >= 15 is 0 Å². The SMILES string of the molecule is CCC12C=CC3OC3C1(CC)O2. The molecule has 0 aromatic heterocycles. The van der Waals surface area contributed by atoms with E-state index in [9.17, 15) is 0 Å². The van der Waals surface area contributed by atoms with Gasteiger partial charge in [0.25, 0.3) is 0 Å². The lowest BCUT2D eigenvalue weighted by molar-refractivity contribution is 0.222. The van der Waals surface area contributed by atoms with Crippen LogP contribution in [0.15, 0.2) is 12.2 Å². The Kier molecular flexibility index (Phi) is 1.05. The highest BCUT2D eigenvalue weighted by Gasteiger charge is 2.77. The zero-order valence-electron chi connectivity index (χ0n) is 7.54. The van der Waals surface area contributed by atoms with Crippen LogP contribution in [0.25, 0.3) is 0 Å². The molecule has 2 nitrogen and oxygen atoms in total. The summed E-state index contributed by atoms with van der Waals surface area (Å²) in [5.74, 6) is 0. The summed E-state index contributed by atoms with van der Waals surface area (Å²) in [5, 5.41) is 0. The summed E-state index contributed by atoms with van der Waals surface area (Å²) in [5.41, 5.74) is 0.0978. The second kappa shape index (κ2) is 1.78.